The first-order valence-electron chi connectivity index (χ1n) is 6.95. The fourth-order valence-corrected chi connectivity index (χ4v) is 2.18. The van der Waals surface area contributed by atoms with Gasteiger partial charge >= 0.3 is 5.97 Å². The van der Waals surface area contributed by atoms with Gasteiger partial charge in [0.15, 0.2) is 5.13 Å². The van der Waals surface area contributed by atoms with Crippen LogP contribution in [0.15, 0.2) is 5.38 Å². The van der Waals surface area contributed by atoms with Gasteiger partial charge < -0.3 is 15.7 Å². The number of thiazole rings is 1. The molecule has 7 nitrogen and oxygen atoms in total. The molecule has 1 rings (SSSR count). The van der Waals surface area contributed by atoms with Crippen LogP contribution in [0.3, 0.4) is 0 Å². The number of carboxylic acids is 1. The van der Waals surface area contributed by atoms with Crippen molar-refractivity contribution in [3.8, 4) is 0 Å². The molecule has 0 saturated heterocycles. The van der Waals surface area contributed by atoms with Gasteiger partial charge in [-0.1, -0.05) is 34.1 Å². The molecule has 0 radical (unpaired) electrons. The Hall–Kier alpha value is -1.96. The standard InChI is InChI=1S/C14H21N3O4S/c1-5-6-8(11(19)20)15-10(18)9-7-22-13(16-9)17-12(21)14(2,3)4/h7-8H,5-6H2,1-4H3,(H,15,18)(H,19,20)(H,16,17,21). The quantitative estimate of drug-likeness (QED) is 0.741. The number of carboxylic acid groups (broad SMARTS) is 1. The molecule has 0 saturated carbocycles. The number of nitrogens with one attached hydrogen (secondary N) is 2. The third kappa shape index (κ3) is 5.10. The van der Waals surface area contributed by atoms with Gasteiger partial charge in [0.05, 0.1) is 0 Å². The molecule has 1 atom stereocenters. The molecule has 3 N–H and O–H groups in total. The van der Waals surface area contributed by atoms with Crippen molar-refractivity contribution in [3.63, 3.8) is 0 Å². The molecule has 1 aromatic rings. The van der Waals surface area contributed by atoms with Crippen molar-refractivity contribution in [2.45, 2.75) is 46.6 Å². The summed E-state index contributed by atoms with van der Waals surface area (Å²) in [6.07, 6.45) is 0.986. The van der Waals surface area contributed by atoms with E-state index in [0.717, 1.165) is 11.3 Å². The second-order valence-corrected chi connectivity index (χ2v) is 6.75. The van der Waals surface area contributed by atoms with E-state index in [0.29, 0.717) is 18.0 Å². The molecular formula is C14H21N3O4S. The molecule has 22 heavy (non-hydrogen) atoms. The monoisotopic (exact) mass is 327 g/mol. The maximum absolute atomic E-state index is 12.0. The smallest absolute Gasteiger partial charge is 0.326 e. The Morgan fingerprint density at radius 2 is 2.00 bits per heavy atom. The maximum Gasteiger partial charge on any atom is 0.326 e. The molecule has 122 valence electrons. The summed E-state index contributed by atoms with van der Waals surface area (Å²) in [6, 6.07) is -0.938. The van der Waals surface area contributed by atoms with Crippen molar-refractivity contribution in [1.29, 1.82) is 0 Å². The number of rotatable bonds is 6. The number of anilines is 1. The van der Waals surface area contributed by atoms with Gasteiger partial charge in [0.2, 0.25) is 5.91 Å². The highest BCUT2D eigenvalue weighted by Gasteiger charge is 2.24. The molecule has 0 aliphatic rings. The molecule has 2 amide bonds. The Balaban J connectivity index is 2.73. The maximum atomic E-state index is 12.0. The van der Waals surface area contributed by atoms with E-state index in [1.54, 1.807) is 20.8 Å². The van der Waals surface area contributed by atoms with Gasteiger partial charge in [0.25, 0.3) is 5.91 Å². The van der Waals surface area contributed by atoms with E-state index in [4.69, 9.17) is 5.11 Å². The van der Waals surface area contributed by atoms with Gasteiger partial charge in [-0.25, -0.2) is 9.78 Å². The van der Waals surface area contributed by atoms with Crippen molar-refractivity contribution in [2.24, 2.45) is 5.41 Å². The number of nitrogens with zero attached hydrogens (tertiary/aromatic N) is 1. The highest BCUT2D eigenvalue weighted by Crippen LogP contribution is 2.20. The fourth-order valence-electron chi connectivity index (χ4n) is 1.50. The molecule has 0 spiro atoms. The zero-order valence-electron chi connectivity index (χ0n) is 13.1. The van der Waals surface area contributed by atoms with Gasteiger partial charge in [0.1, 0.15) is 11.7 Å². The molecule has 0 aromatic carbocycles. The number of carbonyl (C=O) groups is 3. The van der Waals surface area contributed by atoms with Crippen LogP contribution < -0.4 is 10.6 Å². The van der Waals surface area contributed by atoms with Crippen LogP contribution in [0.5, 0.6) is 0 Å². The zero-order valence-corrected chi connectivity index (χ0v) is 13.9. The van der Waals surface area contributed by atoms with Crippen LogP contribution in [0.25, 0.3) is 0 Å². The Bertz CT molecular complexity index is 563. The summed E-state index contributed by atoms with van der Waals surface area (Å²) in [5, 5.41) is 15.9. The highest BCUT2D eigenvalue weighted by molar-refractivity contribution is 7.14. The van der Waals surface area contributed by atoms with Crippen LogP contribution in [0.1, 0.15) is 51.0 Å². The van der Waals surface area contributed by atoms with Crippen LogP contribution >= 0.6 is 11.3 Å². The Morgan fingerprint density at radius 3 is 2.50 bits per heavy atom. The first kappa shape index (κ1) is 18.1. The number of hydrogen-bond donors (Lipinski definition) is 3. The van der Waals surface area contributed by atoms with Crippen molar-refractivity contribution in [3.05, 3.63) is 11.1 Å². The molecule has 1 unspecified atom stereocenters. The third-order valence-electron chi connectivity index (χ3n) is 2.82. The normalized spacial score (nSPS) is 12.5. The van der Waals surface area contributed by atoms with E-state index in [2.05, 4.69) is 15.6 Å². The minimum atomic E-state index is -1.08. The van der Waals surface area contributed by atoms with Crippen LogP contribution in [0, 0.1) is 5.41 Å². The van der Waals surface area contributed by atoms with Crippen LogP contribution in [-0.4, -0.2) is 33.9 Å². The summed E-state index contributed by atoms with van der Waals surface area (Å²) >= 11 is 1.12. The van der Waals surface area contributed by atoms with Crippen molar-refractivity contribution < 1.29 is 19.5 Å². The number of aliphatic carboxylic acids is 1. The lowest BCUT2D eigenvalue weighted by Crippen LogP contribution is -2.40. The van der Waals surface area contributed by atoms with E-state index in [-0.39, 0.29) is 11.6 Å². The number of aromatic nitrogens is 1. The van der Waals surface area contributed by atoms with E-state index >= 15 is 0 Å². The van der Waals surface area contributed by atoms with Crippen molar-refractivity contribution in [2.75, 3.05) is 5.32 Å². The van der Waals surface area contributed by atoms with Crippen molar-refractivity contribution in [1.82, 2.24) is 10.3 Å². The molecule has 0 aliphatic carbocycles. The van der Waals surface area contributed by atoms with E-state index < -0.39 is 23.3 Å². The summed E-state index contributed by atoms with van der Waals surface area (Å²) in [5.41, 5.74) is -0.472. The first-order chi connectivity index (χ1) is 10.1. The van der Waals surface area contributed by atoms with Gasteiger partial charge in [-0.05, 0) is 6.42 Å². The predicted molar refractivity (Wildman–Crippen MR) is 84.0 cm³/mol. The molecule has 0 bridgehead atoms. The number of carbonyl (C=O) groups excluding carboxylic acids is 2. The number of amides is 2. The molecule has 8 heteroatoms. The molecule has 1 heterocycles. The van der Waals surface area contributed by atoms with Gasteiger partial charge in [-0.15, -0.1) is 11.3 Å². The predicted octanol–water partition coefficient (Wildman–Crippen LogP) is 2.11. The third-order valence-corrected chi connectivity index (χ3v) is 3.58. The molecule has 1 aromatic heterocycles. The summed E-state index contributed by atoms with van der Waals surface area (Å²) in [4.78, 5) is 38.9. The lowest BCUT2D eigenvalue weighted by molar-refractivity contribution is -0.139. The molecular weight excluding hydrogens is 306 g/mol. The lowest BCUT2D eigenvalue weighted by Gasteiger charge is -2.16. The topological polar surface area (TPSA) is 108 Å². The summed E-state index contributed by atoms with van der Waals surface area (Å²) in [5.74, 6) is -1.84. The highest BCUT2D eigenvalue weighted by atomic mass is 32.1. The first-order valence-corrected chi connectivity index (χ1v) is 7.83. The minimum Gasteiger partial charge on any atom is -0.480 e. The lowest BCUT2D eigenvalue weighted by atomic mass is 9.96. The Kier molecular flexibility index (Phi) is 6.04. The van der Waals surface area contributed by atoms with E-state index in [1.165, 1.54) is 5.38 Å². The summed E-state index contributed by atoms with van der Waals surface area (Å²) in [6.45, 7) is 7.15. The van der Waals surface area contributed by atoms with Crippen molar-refractivity contribution >= 4 is 34.3 Å². The largest absolute Gasteiger partial charge is 0.480 e. The van der Waals surface area contributed by atoms with Crippen LogP contribution in [0.4, 0.5) is 5.13 Å². The second-order valence-electron chi connectivity index (χ2n) is 5.89. The van der Waals surface area contributed by atoms with E-state index in [1.807, 2.05) is 6.92 Å². The zero-order chi connectivity index (χ0) is 16.9. The average molecular weight is 327 g/mol. The van der Waals surface area contributed by atoms with Crippen LogP contribution in [-0.2, 0) is 9.59 Å². The van der Waals surface area contributed by atoms with Crippen LogP contribution in [0.2, 0.25) is 0 Å². The van der Waals surface area contributed by atoms with Gasteiger partial charge in [0, 0.05) is 10.8 Å². The van der Waals surface area contributed by atoms with E-state index in [9.17, 15) is 14.4 Å². The second kappa shape index (κ2) is 7.35. The van der Waals surface area contributed by atoms with Gasteiger partial charge in [-0.2, -0.15) is 0 Å². The minimum absolute atomic E-state index is 0.0940. The van der Waals surface area contributed by atoms with Gasteiger partial charge in [-0.3, -0.25) is 9.59 Å². The number of hydrogen-bond acceptors (Lipinski definition) is 5. The Labute approximate surface area is 133 Å². The SMILES string of the molecule is CCCC(NC(=O)c1csc(NC(=O)C(C)(C)C)n1)C(=O)O. The molecule has 0 aliphatic heterocycles. The summed E-state index contributed by atoms with van der Waals surface area (Å²) in [7, 11) is 0. The summed E-state index contributed by atoms with van der Waals surface area (Å²) < 4.78 is 0. The molecule has 0 fully saturated rings. The fraction of sp³-hybridized carbons (Fsp3) is 0.571. The average Bonchev–Trinajstić information content (AvgIpc) is 2.85. The Morgan fingerprint density at radius 1 is 1.36 bits per heavy atom.